The minimum Gasteiger partial charge on any atom is -0.390 e. The number of nitrogens with one attached hydrogen (secondary N) is 1. The smallest absolute Gasteiger partial charge is 0.260 e. The van der Waals surface area contributed by atoms with Crippen molar-refractivity contribution in [2.24, 2.45) is 0 Å². The van der Waals surface area contributed by atoms with Crippen LogP contribution in [0.3, 0.4) is 0 Å². The lowest BCUT2D eigenvalue weighted by Gasteiger charge is -2.41. The Morgan fingerprint density at radius 1 is 1.42 bits per heavy atom. The van der Waals surface area contributed by atoms with Gasteiger partial charge in [-0.3, -0.25) is 9.59 Å². The van der Waals surface area contributed by atoms with Crippen LogP contribution in [0.2, 0.25) is 0 Å². The predicted octanol–water partition coefficient (Wildman–Crippen LogP) is 2.21. The highest BCUT2D eigenvalue weighted by atomic mass is 79.9. The second-order valence-electron chi connectivity index (χ2n) is 7.98. The Hall–Kier alpha value is -1.54. The summed E-state index contributed by atoms with van der Waals surface area (Å²) >= 11 is 3.28. The lowest BCUT2D eigenvalue weighted by Crippen LogP contribution is -2.56. The van der Waals surface area contributed by atoms with E-state index in [1.165, 1.54) is 11.0 Å². The number of carbonyl (C=O) groups excluding carboxylic acids is 2. The first-order valence-corrected chi connectivity index (χ1v) is 9.31. The van der Waals surface area contributed by atoms with Crippen LogP contribution < -0.4 is 5.32 Å². The maximum atomic E-state index is 14.2. The molecule has 1 unspecified atom stereocenters. The van der Waals surface area contributed by atoms with Crippen molar-refractivity contribution >= 4 is 27.7 Å². The average molecular weight is 429 g/mol. The van der Waals surface area contributed by atoms with Gasteiger partial charge in [-0.05, 0) is 43.5 Å². The van der Waals surface area contributed by atoms with Gasteiger partial charge in [-0.1, -0.05) is 15.9 Å². The molecule has 1 heterocycles. The van der Waals surface area contributed by atoms with Crippen LogP contribution in [0.15, 0.2) is 22.7 Å². The number of hydrogen-bond acceptors (Lipinski definition) is 3. The summed E-state index contributed by atoms with van der Waals surface area (Å²) in [6.45, 7) is 1.26. The fraction of sp³-hybridized carbons (Fsp3) is 0.556. The third kappa shape index (κ3) is 2.74. The van der Waals surface area contributed by atoms with Crippen molar-refractivity contribution in [3.05, 3.63) is 33.8 Å². The van der Waals surface area contributed by atoms with E-state index in [1.807, 2.05) is 0 Å². The Morgan fingerprint density at radius 2 is 2.08 bits per heavy atom. The minimum absolute atomic E-state index is 0.142. The van der Waals surface area contributed by atoms with Crippen LogP contribution in [0.5, 0.6) is 0 Å². The molecule has 26 heavy (non-hydrogen) atoms. The number of amides is 2. The van der Waals surface area contributed by atoms with E-state index in [-0.39, 0.29) is 31.1 Å². The highest BCUT2D eigenvalue weighted by Crippen LogP contribution is 2.64. The minimum atomic E-state index is -2.88. The van der Waals surface area contributed by atoms with Crippen LogP contribution in [0.25, 0.3) is 0 Å². The van der Waals surface area contributed by atoms with E-state index < -0.39 is 28.8 Å². The molecule has 1 spiro atoms. The van der Waals surface area contributed by atoms with Crippen molar-refractivity contribution in [3.63, 3.8) is 0 Å². The van der Waals surface area contributed by atoms with Crippen LogP contribution in [0.1, 0.15) is 42.1 Å². The van der Waals surface area contributed by atoms with Gasteiger partial charge >= 0.3 is 0 Å². The Kier molecular flexibility index (Phi) is 3.76. The Morgan fingerprint density at radius 3 is 2.65 bits per heavy atom. The monoisotopic (exact) mass is 428 g/mol. The molecule has 1 aromatic carbocycles. The summed E-state index contributed by atoms with van der Waals surface area (Å²) in [6, 6.07) is 4.62. The van der Waals surface area contributed by atoms with Gasteiger partial charge in [0.05, 0.1) is 17.6 Å². The molecule has 5 nitrogen and oxygen atoms in total. The molecule has 2 fully saturated rings. The third-order valence-corrected chi connectivity index (χ3v) is 6.14. The molecular weight excluding hydrogens is 410 g/mol. The molecule has 1 atom stereocenters. The van der Waals surface area contributed by atoms with E-state index >= 15 is 0 Å². The van der Waals surface area contributed by atoms with Gasteiger partial charge in [-0.15, -0.1) is 0 Å². The van der Waals surface area contributed by atoms with Gasteiger partial charge in [-0.25, -0.2) is 8.78 Å². The van der Waals surface area contributed by atoms with Crippen molar-refractivity contribution < 1.29 is 23.5 Å². The largest absolute Gasteiger partial charge is 0.390 e. The Balaban J connectivity index is 1.53. The summed E-state index contributed by atoms with van der Waals surface area (Å²) in [6.07, 6.45) is 0.581. The summed E-state index contributed by atoms with van der Waals surface area (Å²) in [5.74, 6) is -3.68. The van der Waals surface area contributed by atoms with Crippen molar-refractivity contribution in [2.75, 3.05) is 13.1 Å². The SMILES string of the molecule is C[C@]1(O)C[C@@H](NC(=O)CN2CC3(CC3(F)F)c3cc(Br)ccc3C2=O)C1. The summed E-state index contributed by atoms with van der Waals surface area (Å²) in [4.78, 5) is 26.2. The lowest BCUT2D eigenvalue weighted by atomic mass is 9.77. The third-order valence-electron chi connectivity index (χ3n) is 5.65. The molecule has 8 heteroatoms. The molecule has 2 N–H and O–H groups in total. The fourth-order valence-electron chi connectivity index (χ4n) is 4.23. The van der Waals surface area contributed by atoms with Gasteiger partial charge in [0.1, 0.15) is 0 Å². The molecule has 0 aromatic heterocycles. The lowest BCUT2D eigenvalue weighted by molar-refractivity contribution is -0.125. The molecule has 0 radical (unpaired) electrons. The van der Waals surface area contributed by atoms with Crippen molar-refractivity contribution in [2.45, 2.75) is 49.2 Å². The van der Waals surface area contributed by atoms with Crippen molar-refractivity contribution in [1.29, 1.82) is 0 Å². The zero-order valence-electron chi connectivity index (χ0n) is 14.2. The van der Waals surface area contributed by atoms with E-state index in [2.05, 4.69) is 21.2 Å². The van der Waals surface area contributed by atoms with Crippen LogP contribution in [-0.2, 0) is 10.2 Å². The molecule has 0 bridgehead atoms. The molecule has 2 saturated carbocycles. The predicted molar refractivity (Wildman–Crippen MR) is 93.1 cm³/mol. The molecular formula is C18H19BrF2N2O3. The number of rotatable bonds is 3. The van der Waals surface area contributed by atoms with Gasteiger partial charge in [0, 0.05) is 29.0 Å². The van der Waals surface area contributed by atoms with E-state index in [0.717, 1.165) is 0 Å². The van der Waals surface area contributed by atoms with Crippen molar-refractivity contribution in [1.82, 2.24) is 10.2 Å². The molecule has 2 amide bonds. The van der Waals surface area contributed by atoms with Gasteiger partial charge < -0.3 is 15.3 Å². The Bertz CT molecular complexity index is 806. The number of hydrogen-bond donors (Lipinski definition) is 2. The van der Waals surface area contributed by atoms with Crippen molar-refractivity contribution in [3.8, 4) is 0 Å². The second-order valence-corrected chi connectivity index (χ2v) is 8.90. The molecule has 4 rings (SSSR count). The zero-order chi connectivity index (χ0) is 18.9. The highest BCUT2D eigenvalue weighted by molar-refractivity contribution is 9.10. The number of halogens is 3. The molecule has 140 valence electrons. The first-order chi connectivity index (χ1) is 12.0. The van der Waals surface area contributed by atoms with E-state index in [9.17, 15) is 23.5 Å². The molecule has 2 aliphatic carbocycles. The fourth-order valence-corrected chi connectivity index (χ4v) is 4.59. The van der Waals surface area contributed by atoms with Gasteiger partial charge in [0.15, 0.2) is 0 Å². The van der Waals surface area contributed by atoms with Crippen LogP contribution in [0.4, 0.5) is 8.78 Å². The summed E-state index contributed by atoms with van der Waals surface area (Å²) in [7, 11) is 0. The summed E-state index contributed by atoms with van der Waals surface area (Å²) in [5.41, 5.74) is -1.59. The van der Waals surface area contributed by atoms with Crippen LogP contribution >= 0.6 is 15.9 Å². The number of alkyl halides is 2. The first-order valence-electron chi connectivity index (χ1n) is 8.52. The standard InChI is InChI=1S/C18H19BrF2N2O3/c1-16(26)5-11(6-16)22-14(24)7-23-9-17(8-18(17,20)21)13-4-10(19)2-3-12(13)15(23)25/h2-4,11,26H,5-9H2,1H3,(H,22,24)/t11-,16+,17?. The second kappa shape index (κ2) is 5.48. The van der Waals surface area contributed by atoms with E-state index in [1.54, 1.807) is 19.1 Å². The zero-order valence-corrected chi connectivity index (χ0v) is 15.8. The number of aliphatic hydroxyl groups is 1. The number of benzene rings is 1. The molecule has 3 aliphatic rings. The number of carbonyl (C=O) groups is 2. The Labute approximate surface area is 157 Å². The topological polar surface area (TPSA) is 69.6 Å². The molecule has 0 saturated heterocycles. The number of nitrogens with zero attached hydrogens (tertiary/aromatic N) is 1. The van der Waals surface area contributed by atoms with E-state index in [0.29, 0.717) is 22.9 Å². The average Bonchev–Trinajstić information content (AvgIpc) is 3.04. The van der Waals surface area contributed by atoms with Gasteiger partial charge in [0.25, 0.3) is 11.8 Å². The normalized spacial score (nSPS) is 34.3. The summed E-state index contributed by atoms with van der Waals surface area (Å²) in [5, 5.41) is 12.5. The summed E-state index contributed by atoms with van der Waals surface area (Å²) < 4.78 is 29.0. The van der Waals surface area contributed by atoms with E-state index in [4.69, 9.17) is 0 Å². The quantitative estimate of drug-likeness (QED) is 0.775. The van der Waals surface area contributed by atoms with Gasteiger partial charge in [0.2, 0.25) is 5.91 Å². The maximum absolute atomic E-state index is 14.2. The van der Waals surface area contributed by atoms with Gasteiger partial charge in [-0.2, -0.15) is 0 Å². The highest BCUT2D eigenvalue weighted by Gasteiger charge is 2.74. The molecule has 1 aliphatic heterocycles. The maximum Gasteiger partial charge on any atom is 0.260 e. The van der Waals surface area contributed by atoms with Crippen LogP contribution in [-0.4, -0.2) is 52.5 Å². The van der Waals surface area contributed by atoms with Crippen LogP contribution in [0, 0.1) is 0 Å². The number of fused-ring (bicyclic) bond motifs is 2. The molecule has 1 aromatic rings. The first kappa shape index (κ1) is 17.9.